The lowest BCUT2D eigenvalue weighted by Gasteiger charge is -2.29. The first-order chi connectivity index (χ1) is 6.74. The van der Waals surface area contributed by atoms with E-state index in [-0.39, 0.29) is 0 Å². The fraction of sp³-hybridized carbons (Fsp3) is 0.778. The van der Waals surface area contributed by atoms with Gasteiger partial charge in [-0.15, -0.1) is 0 Å². The van der Waals surface area contributed by atoms with Crippen molar-refractivity contribution < 1.29 is 9.26 Å². The van der Waals surface area contributed by atoms with E-state index in [4.69, 9.17) is 15.0 Å². The number of rotatable bonds is 2. The zero-order valence-electron chi connectivity index (χ0n) is 8.32. The van der Waals surface area contributed by atoms with Crippen molar-refractivity contribution in [1.82, 2.24) is 10.1 Å². The van der Waals surface area contributed by atoms with Gasteiger partial charge in [-0.3, -0.25) is 0 Å². The quantitative estimate of drug-likeness (QED) is 0.751. The number of aryl methyl sites for hydroxylation is 1. The van der Waals surface area contributed by atoms with Crippen LogP contribution in [0.15, 0.2) is 4.52 Å². The third-order valence-electron chi connectivity index (χ3n) is 2.60. The van der Waals surface area contributed by atoms with Gasteiger partial charge in [0.25, 0.3) is 0 Å². The number of nitrogens with two attached hydrogens (primary N) is 1. The van der Waals surface area contributed by atoms with Crippen LogP contribution in [0.1, 0.15) is 31.5 Å². The number of ether oxygens (including phenoxy) is 1. The molecule has 78 valence electrons. The molecule has 0 amide bonds. The molecule has 5 nitrogen and oxygen atoms in total. The molecule has 0 bridgehead atoms. The monoisotopic (exact) mass is 197 g/mol. The predicted octanol–water partition coefficient (Wildman–Crippen LogP) is 0.596. The van der Waals surface area contributed by atoms with Crippen molar-refractivity contribution in [3.8, 4) is 0 Å². The maximum absolute atomic E-state index is 6.17. The highest BCUT2D eigenvalue weighted by Gasteiger charge is 2.35. The van der Waals surface area contributed by atoms with Crippen LogP contribution in [-0.4, -0.2) is 23.4 Å². The van der Waals surface area contributed by atoms with Crippen molar-refractivity contribution in [2.45, 2.75) is 31.7 Å². The molecule has 0 saturated carbocycles. The SMILES string of the molecule is CCc1noc(C2(N)CCOCC2)n1. The van der Waals surface area contributed by atoms with Gasteiger partial charge in [0.05, 0.1) is 0 Å². The molecule has 1 saturated heterocycles. The summed E-state index contributed by atoms with van der Waals surface area (Å²) in [6, 6.07) is 0. The molecule has 1 aromatic rings. The molecule has 0 spiro atoms. The lowest BCUT2D eigenvalue weighted by Crippen LogP contribution is -2.42. The molecule has 0 aliphatic carbocycles. The Labute approximate surface area is 82.6 Å². The van der Waals surface area contributed by atoms with Crippen molar-refractivity contribution in [3.05, 3.63) is 11.7 Å². The number of hydrogen-bond donors (Lipinski definition) is 1. The first-order valence-electron chi connectivity index (χ1n) is 4.94. The van der Waals surface area contributed by atoms with E-state index in [1.165, 1.54) is 0 Å². The summed E-state index contributed by atoms with van der Waals surface area (Å²) in [5, 5.41) is 3.85. The molecule has 0 unspecified atom stereocenters. The number of aromatic nitrogens is 2. The van der Waals surface area contributed by atoms with Gasteiger partial charge in [0.2, 0.25) is 5.89 Å². The second kappa shape index (κ2) is 3.67. The Morgan fingerprint density at radius 3 is 2.71 bits per heavy atom. The van der Waals surface area contributed by atoms with Gasteiger partial charge in [0.15, 0.2) is 5.82 Å². The third kappa shape index (κ3) is 1.65. The summed E-state index contributed by atoms with van der Waals surface area (Å²) in [5.41, 5.74) is 5.70. The van der Waals surface area contributed by atoms with Crippen LogP contribution in [0.25, 0.3) is 0 Å². The minimum atomic E-state index is -0.474. The van der Waals surface area contributed by atoms with Gasteiger partial charge in [-0.1, -0.05) is 12.1 Å². The maximum atomic E-state index is 6.17. The molecule has 0 radical (unpaired) electrons. The number of hydrogen-bond acceptors (Lipinski definition) is 5. The van der Waals surface area contributed by atoms with Crippen LogP contribution in [-0.2, 0) is 16.7 Å². The fourth-order valence-corrected chi connectivity index (χ4v) is 1.55. The summed E-state index contributed by atoms with van der Waals surface area (Å²) in [4.78, 5) is 4.27. The Balaban J connectivity index is 2.19. The van der Waals surface area contributed by atoms with Crippen LogP contribution in [0.5, 0.6) is 0 Å². The summed E-state index contributed by atoms with van der Waals surface area (Å²) >= 11 is 0. The van der Waals surface area contributed by atoms with Crippen LogP contribution in [0.2, 0.25) is 0 Å². The first-order valence-corrected chi connectivity index (χ1v) is 4.94. The lowest BCUT2D eigenvalue weighted by molar-refractivity contribution is 0.0400. The van der Waals surface area contributed by atoms with E-state index in [0.29, 0.717) is 19.1 Å². The van der Waals surface area contributed by atoms with Gasteiger partial charge in [-0.05, 0) is 12.8 Å². The molecule has 1 aliphatic rings. The largest absolute Gasteiger partial charge is 0.381 e. The van der Waals surface area contributed by atoms with E-state index in [1.807, 2.05) is 6.92 Å². The average Bonchev–Trinajstić information content (AvgIpc) is 2.67. The zero-order valence-corrected chi connectivity index (χ0v) is 8.32. The molecule has 2 heterocycles. The highest BCUT2D eigenvalue weighted by molar-refractivity contribution is 5.03. The van der Waals surface area contributed by atoms with Crippen LogP contribution >= 0.6 is 0 Å². The van der Waals surface area contributed by atoms with Gasteiger partial charge in [-0.25, -0.2) is 0 Å². The Morgan fingerprint density at radius 2 is 2.14 bits per heavy atom. The van der Waals surface area contributed by atoms with E-state index >= 15 is 0 Å². The molecule has 0 atom stereocenters. The second-order valence-corrected chi connectivity index (χ2v) is 3.64. The Bertz CT molecular complexity index is 305. The van der Waals surface area contributed by atoms with Crippen molar-refractivity contribution in [1.29, 1.82) is 0 Å². The molecule has 1 aliphatic heterocycles. The molecule has 1 aromatic heterocycles. The van der Waals surface area contributed by atoms with Gasteiger partial charge < -0.3 is 15.0 Å². The minimum Gasteiger partial charge on any atom is -0.381 e. The molecule has 2 N–H and O–H groups in total. The van der Waals surface area contributed by atoms with Crippen molar-refractivity contribution in [2.75, 3.05) is 13.2 Å². The van der Waals surface area contributed by atoms with Crippen LogP contribution in [0, 0.1) is 0 Å². The van der Waals surface area contributed by atoms with Crippen molar-refractivity contribution in [2.24, 2.45) is 5.73 Å². The summed E-state index contributed by atoms with van der Waals surface area (Å²) in [6.45, 7) is 3.32. The maximum Gasteiger partial charge on any atom is 0.246 e. The molecule has 2 rings (SSSR count). The molecule has 1 fully saturated rings. The minimum absolute atomic E-state index is 0.474. The first kappa shape index (κ1) is 9.61. The topological polar surface area (TPSA) is 74.2 Å². The Kier molecular flexibility index (Phi) is 2.52. The molecule has 0 aromatic carbocycles. The van der Waals surface area contributed by atoms with E-state index in [1.54, 1.807) is 0 Å². The standard InChI is InChI=1S/C9H15N3O2/c1-2-7-11-8(14-12-7)9(10)3-5-13-6-4-9/h2-6,10H2,1H3. The van der Waals surface area contributed by atoms with Crippen LogP contribution < -0.4 is 5.73 Å². The van der Waals surface area contributed by atoms with Gasteiger partial charge in [0, 0.05) is 19.6 Å². The highest BCUT2D eigenvalue weighted by Crippen LogP contribution is 2.27. The van der Waals surface area contributed by atoms with E-state index in [0.717, 1.165) is 25.1 Å². The number of nitrogens with zero attached hydrogens (tertiary/aromatic N) is 2. The molecule has 5 heteroatoms. The van der Waals surface area contributed by atoms with Gasteiger partial charge in [0.1, 0.15) is 5.54 Å². The molecular weight excluding hydrogens is 182 g/mol. The molecular formula is C9H15N3O2. The highest BCUT2D eigenvalue weighted by atomic mass is 16.5. The van der Waals surface area contributed by atoms with Gasteiger partial charge >= 0.3 is 0 Å². The zero-order chi connectivity index (χ0) is 10.0. The predicted molar refractivity (Wildman–Crippen MR) is 49.6 cm³/mol. The molecule has 14 heavy (non-hydrogen) atoms. The van der Waals surface area contributed by atoms with Crippen LogP contribution in [0.4, 0.5) is 0 Å². The summed E-state index contributed by atoms with van der Waals surface area (Å²) in [7, 11) is 0. The average molecular weight is 197 g/mol. The Hall–Kier alpha value is -0.940. The lowest BCUT2D eigenvalue weighted by atomic mass is 9.91. The smallest absolute Gasteiger partial charge is 0.246 e. The summed E-state index contributed by atoms with van der Waals surface area (Å²) in [5.74, 6) is 1.27. The summed E-state index contributed by atoms with van der Waals surface area (Å²) in [6.07, 6.45) is 2.27. The normalized spacial score (nSPS) is 21.0. The van der Waals surface area contributed by atoms with E-state index in [2.05, 4.69) is 10.1 Å². The van der Waals surface area contributed by atoms with E-state index < -0.39 is 5.54 Å². The Morgan fingerprint density at radius 1 is 1.43 bits per heavy atom. The van der Waals surface area contributed by atoms with Gasteiger partial charge in [-0.2, -0.15) is 4.98 Å². The fourth-order valence-electron chi connectivity index (χ4n) is 1.55. The van der Waals surface area contributed by atoms with Crippen molar-refractivity contribution >= 4 is 0 Å². The second-order valence-electron chi connectivity index (χ2n) is 3.64. The third-order valence-corrected chi connectivity index (χ3v) is 2.60. The summed E-state index contributed by atoms with van der Waals surface area (Å²) < 4.78 is 10.4. The van der Waals surface area contributed by atoms with Crippen molar-refractivity contribution in [3.63, 3.8) is 0 Å². The van der Waals surface area contributed by atoms with Crippen LogP contribution in [0.3, 0.4) is 0 Å². The van der Waals surface area contributed by atoms with E-state index in [9.17, 15) is 0 Å².